The molecule has 72 valence electrons. The van der Waals surface area contributed by atoms with Gasteiger partial charge in [0.05, 0.1) is 5.60 Å². The predicted molar refractivity (Wildman–Crippen MR) is 51.2 cm³/mol. The van der Waals surface area contributed by atoms with Crippen molar-refractivity contribution in [3.8, 4) is 0 Å². The molecule has 0 spiro atoms. The third kappa shape index (κ3) is 3.11. The fourth-order valence-corrected chi connectivity index (χ4v) is 1.88. The van der Waals surface area contributed by atoms with Crippen molar-refractivity contribution in [1.82, 2.24) is 5.32 Å². The standard InChI is InChI=1S/C10H21NO/c1-9(2)11-8-7-10(12)5-3-4-6-10/h9,11-12H,3-8H2,1-2H3. The molecule has 0 saturated heterocycles. The van der Waals surface area contributed by atoms with Crippen LogP contribution in [0.5, 0.6) is 0 Å². The van der Waals surface area contributed by atoms with Crippen LogP contribution >= 0.6 is 0 Å². The van der Waals surface area contributed by atoms with E-state index >= 15 is 0 Å². The van der Waals surface area contributed by atoms with Gasteiger partial charge in [-0.15, -0.1) is 0 Å². The third-order valence-corrected chi connectivity index (χ3v) is 2.68. The van der Waals surface area contributed by atoms with Crippen molar-refractivity contribution in [2.24, 2.45) is 0 Å². The number of rotatable bonds is 4. The Labute approximate surface area is 75.4 Å². The summed E-state index contributed by atoms with van der Waals surface area (Å²) in [6, 6.07) is 0.537. The van der Waals surface area contributed by atoms with Gasteiger partial charge in [0, 0.05) is 6.04 Å². The van der Waals surface area contributed by atoms with Crippen LogP contribution in [0.3, 0.4) is 0 Å². The van der Waals surface area contributed by atoms with Gasteiger partial charge in [0.2, 0.25) is 0 Å². The largest absolute Gasteiger partial charge is 0.390 e. The lowest BCUT2D eigenvalue weighted by Gasteiger charge is -2.22. The first-order chi connectivity index (χ1) is 5.62. The van der Waals surface area contributed by atoms with E-state index in [9.17, 15) is 5.11 Å². The van der Waals surface area contributed by atoms with E-state index in [-0.39, 0.29) is 5.60 Å². The first-order valence-corrected chi connectivity index (χ1v) is 5.08. The summed E-state index contributed by atoms with van der Waals surface area (Å²) in [4.78, 5) is 0. The molecular weight excluding hydrogens is 150 g/mol. The lowest BCUT2D eigenvalue weighted by molar-refractivity contribution is 0.0387. The normalized spacial score (nSPS) is 22.0. The van der Waals surface area contributed by atoms with E-state index in [0.29, 0.717) is 6.04 Å². The van der Waals surface area contributed by atoms with E-state index in [4.69, 9.17) is 0 Å². The van der Waals surface area contributed by atoms with Gasteiger partial charge in [0.15, 0.2) is 0 Å². The SMILES string of the molecule is CC(C)NCCC1(O)CCCC1. The van der Waals surface area contributed by atoms with Gasteiger partial charge >= 0.3 is 0 Å². The summed E-state index contributed by atoms with van der Waals surface area (Å²) in [5.74, 6) is 0. The molecule has 0 bridgehead atoms. The van der Waals surface area contributed by atoms with Crippen molar-refractivity contribution in [2.45, 2.75) is 57.6 Å². The zero-order valence-electron chi connectivity index (χ0n) is 8.27. The Hall–Kier alpha value is -0.0800. The Morgan fingerprint density at radius 3 is 2.42 bits per heavy atom. The van der Waals surface area contributed by atoms with Crippen molar-refractivity contribution in [1.29, 1.82) is 0 Å². The molecule has 0 radical (unpaired) electrons. The molecule has 0 unspecified atom stereocenters. The zero-order valence-corrected chi connectivity index (χ0v) is 8.27. The number of hydrogen-bond donors (Lipinski definition) is 2. The summed E-state index contributed by atoms with van der Waals surface area (Å²) in [5, 5.41) is 13.3. The van der Waals surface area contributed by atoms with Crippen LogP contribution in [0.25, 0.3) is 0 Å². The van der Waals surface area contributed by atoms with Crippen LogP contribution in [0, 0.1) is 0 Å². The van der Waals surface area contributed by atoms with Crippen LogP contribution in [0.2, 0.25) is 0 Å². The first kappa shape index (κ1) is 10.0. The molecule has 1 aliphatic carbocycles. The lowest BCUT2D eigenvalue weighted by atomic mass is 9.98. The molecule has 1 fully saturated rings. The molecule has 0 aliphatic heterocycles. The smallest absolute Gasteiger partial charge is 0.0659 e. The molecule has 1 saturated carbocycles. The Morgan fingerprint density at radius 2 is 1.92 bits per heavy atom. The summed E-state index contributed by atoms with van der Waals surface area (Å²) >= 11 is 0. The van der Waals surface area contributed by atoms with Crippen molar-refractivity contribution in [2.75, 3.05) is 6.54 Å². The second-order valence-corrected chi connectivity index (χ2v) is 4.29. The van der Waals surface area contributed by atoms with Crippen LogP contribution in [0.1, 0.15) is 46.0 Å². The van der Waals surface area contributed by atoms with Gasteiger partial charge in [0.1, 0.15) is 0 Å². The van der Waals surface area contributed by atoms with Crippen molar-refractivity contribution in [3.05, 3.63) is 0 Å². The average molecular weight is 171 g/mol. The molecular formula is C10H21NO. The van der Waals surface area contributed by atoms with Crippen LogP contribution in [0.4, 0.5) is 0 Å². The highest BCUT2D eigenvalue weighted by Gasteiger charge is 2.30. The van der Waals surface area contributed by atoms with Crippen molar-refractivity contribution >= 4 is 0 Å². The maximum Gasteiger partial charge on any atom is 0.0659 e. The zero-order chi connectivity index (χ0) is 9.03. The monoisotopic (exact) mass is 171 g/mol. The molecule has 0 aromatic rings. The maximum atomic E-state index is 9.96. The number of hydrogen-bond acceptors (Lipinski definition) is 2. The minimum absolute atomic E-state index is 0.331. The van der Waals surface area contributed by atoms with Gasteiger partial charge in [-0.3, -0.25) is 0 Å². The summed E-state index contributed by atoms with van der Waals surface area (Å²) < 4.78 is 0. The van der Waals surface area contributed by atoms with E-state index in [1.54, 1.807) is 0 Å². The first-order valence-electron chi connectivity index (χ1n) is 5.08. The molecule has 1 rings (SSSR count). The van der Waals surface area contributed by atoms with Crippen LogP contribution in [0.15, 0.2) is 0 Å². The molecule has 2 nitrogen and oxygen atoms in total. The van der Waals surface area contributed by atoms with Gasteiger partial charge in [-0.05, 0) is 25.8 Å². The van der Waals surface area contributed by atoms with Crippen LogP contribution in [-0.4, -0.2) is 23.3 Å². The quantitative estimate of drug-likeness (QED) is 0.674. The number of nitrogens with one attached hydrogen (secondary N) is 1. The highest BCUT2D eigenvalue weighted by molar-refractivity contribution is 4.84. The van der Waals surface area contributed by atoms with Gasteiger partial charge in [-0.1, -0.05) is 26.7 Å². The molecule has 0 amide bonds. The third-order valence-electron chi connectivity index (χ3n) is 2.68. The molecule has 0 heterocycles. The van der Waals surface area contributed by atoms with E-state index in [1.165, 1.54) is 12.8 Å². The fraction of sp³-hybridized carbons (Fsp3) is 1.00. The lowest BCUT2D eigenvalue weighted by Crippen LogP contribution is -2.32. The summed E-state index contributed by atoms with van der Waals surface area (Å²) in [6.07, 6.45) is 5.35. The minimum Gasteiger partial charge on any atom is -0.390 e. The second kappa shape index (κ2) is 4.24. The van der Waals surface area contributed by atoms with E-state index in [1.807, 2.05) is 0 Å². The summed E-state index contributed by atoms with van der Waals surface area (Å²) in [7, 11) is 0. The molecule has 2 N–H and O–H groups in total. The Morgan fingerprint density at radius 1 is 1.33 bits per heavy atom. The van der Waals surface area contributed by atoms with Gasteiger partial charge in [0.25, 0.3) is 0 Å². The predicted octanol–water partition coefficient (Wildman–Crippen LogP) is 1.68. The molecule has 2 heteroatoms. The van der Waals surface area contributed by atoms with Gasteiger partial charge in [-0.25, -0.2) is 0 Å². The number of aliphatic hydroxyl groups is 1. The highest BCUT2D eigenvalue weighted by atomic mass is 16.3. The van der Waals surface area contributed by atoms with Crippen LogP contribution in [-0.2, 0) is 0 Å². The summed E-state index contributed by atoms with van der Waals surface area (Å²) in [6.45, 7) is 5.23. The Bertz CT molecular complexity index is 128. The molecule has 12 heavy (non-hydrogen) atoms. The topological polar surface area (TPSA) is 32.3 Å². The highest BCUT2D eigenvalue weighted by Crippen LogP contribution is 2.31. The fourth-order valence-electron chi connectivity index (χ4n) is 1.88. The summed E-state index contributed by atoms with van der Waals surface area (Å²) in [5.41, 5.74) is -0.331. The van der Waals surface area contributed by atoms with E-state index in [0.717, 1.165) is 25.8 Å². The van der Waals surface area contributed by atoms with Gasteiger partial charge in [-0.2, -0.15) is 0 Å². The second-order valence-electron chi connectivity index (χ2n) is 4.29. The maximum absolute atomic E-state index is 9.96. The molecule has 0 atom stereocenters. The molecule has 0 aromatic heterocycles. The Kier molecular flexibility index (Phi) is 3.53. The minimum atomic E-state index is -0.331. The van der Waals surface area contributed by atoms with Gasteiger partial charge < -0.3 is 10.4 Å². The molecule has 0 aromatic carbocycles. The Balaban J connectivity index is 2.13. The van der Waals surface area contributed by atoms with E-state index in [2.05, 4.69) is 19.2 Å². The average Bonchev–Trinajstić information content (AvgIpc) is 2.35. The van der Waals surface area contributed by atoms with E-state index < -0.39 is 0 Å². The van der Waals surface area contributed by atoms with Crippen molar-refractivity contribution in [3.63, 3.8) is 0 Å². The van der Waals surface area contributed by atoms with Crippen LogP contribution < -0.4 is 5.32 Å². The molecule has 1 aliphatic rings. The van der Waals surface area contributed by atoms with Crippen molar-refractivity contribution < 1.29 is 5.11 Å².